The number of rotatable bonds is 2. The van der Waals surface area contributed by atoms with E-state index in [1.165, 1.54) is 15.7 Å². The molecule has 0 atom stereocenters. The number of carbonyl (C=O) groups excluding carboxylic acids is 2. The highest BCUT2D eigenvalue weighted by Gasteiger charge is 2.24. The minimum absolute atomic E-state index is 0.401. The Morgan fingerprint density at radius 1 is 1.07 bits per heavy atom. The number of hydrogen-bond donors (Lipinski definition) is 0. The molecule has 0 unspecified atom stereocenters. The SMILES string of the molecule is CCN(C(=O)OC(C)(C)C)c1ccc2c(c1)c(Cl)cn2C(=O)OC(C)(C)C. The van der Waals surface area contributed by atoms with E-state index in [1.54, 1.807) is 39.0 Å². The molecule has 0 fully saturated rings. The number of fused-ring (bicyclic) bond motifs is 1. The van der Waals surface area contributed by atoms with Gasteiger partial charge in [0, 0.05) is 23.8 Å². The summed E-state index contributed by atoms with van der Waals surface area (Å²) in [6.07, 6.45) is 0.576. The van der Waals surface area contributed by atoms with Crippen LogP contribution in [0.3, 0.4) is 0 Å². The van der Waals surface area contributed by atoms with Crippen molar-refractivity contribution in [2.75, 3.05) is 11.4 Å². The molecule has 1 heterocycles. The van der Waals surface area contributed by atoms with Crippen LogP contribution < -0.4 is 4.90 Å². The Morgan fingerprint density at radius 3 is 2.19 bits per heavy atom. The molecular formula is C20H27ClN2O4. The van der Waals surface area contributed by atoms with Gasteiger partial charge in [-0.15, -0.1) is 0 Å². The predicted molar refractivity (Wildman–Crippen MR) is 108 cm³/mol. The first-order valence-corrected chi connectivity index (χ1v) is 9.24. The van der Waals surface area contributed by atoms with E-state index >= 15 is 0 Å². The summed E-state index contributed by atoms with van der Waals surface area (Å²) < 4.78 is 12.2. The predicted octanol–water partition coefficient (Wildman–Crippen LogP) is 5.84. The second kappa shape index (κ2) is 7.43. The first kappa shape index (κ1) is 21.1. The van der Waals surface area contributed by atoms with Gasteiger partial charge in [0.15, 0.2) is 0 Å². The van der Waals surface area contributed by atoms with Crippen LogP contribution in [-0.2, 0) is 9.47 Å². The maximum atomic E-state index is 12.5. The minimum Gasteiger partial charge on any atom is -0.443 e. The quantitative estimate of drug-likeness (QED) is 0.641. The second-order valence-corrected chi connectivity index (χ2v) is 8.66. The van der Waals surface area contributed by atoms with Gasteiger partial charge in [-0.05, 0) is 66.7 Å². The molecule has 0 saturated heterocycles. The summed E-state index contributed by atoms with van der Waals surface area (Å²) in [5.41, 5.74) is 0.0450. The van der Waals surface area contributed by atoms with Crippen molar-refractivity contribution >= 4 is 40.4 Å². The number of anilines is 1. The van der Waals surface area contributed by atoms with Gasteiger partial charge in [-0.1, -0.05) is 11.6 Å². The zero-order valence-electron chi connectivity index (χ0n) is 16.9. The topological polar surface area (TPSA) is 60.8 Å². The van der Waals surface area contributed by atoms with Crippen molar-refractivity contribution in [3.63, 3.8) is 0 Å². The van der Waals surface area contributed by atoms with E-state index in [0.29, 0.717) is 28.2 Å². The molecule has 2 rings (SSSR count). The number of aromatic nitrogens is 1. The van der Waals surface area contributed by atoms with Gasteiger partial charge < -0.3 is 9.47 Å². The molecule has 0 bridgehead atoms. The van der Waals surface area contributed by atoms with Crippen LogP contribution in [-0.4, -0.2) is 34.5 Å². The van der Waals surface area contributed by atoms with Crippen molar-refractivity contribution in [1.82, 2.24) is 4.57 Å². The van der Waals surface area contributed by atoms with Gasteiger partial charge in [-0.25, -0.2) is 9.59 Å². The zero-order valence-corrected chi connectivity index (χ0v) is 17.7. The number of ether oxygens (including phenoxy) is 2. The maximum absolute atomic E-state index is 12.5. The fraction of sp³-hybridized carbons (Fsp3) is 0.500. The number of hydrogen-bond acceptors (Lipinski definition) is 4. The van der Waals surface area contributed by atoms with Crippen LogP contribution in [0.25, 0.3) is 10.9 Å². The van der Waals surface area contributed by atoms with Gasteiger partial charge in [-0.3, -0.25) is 9.47 Å². The molecule has 6 nitrogen and oxygen atoms in total. The van der Waals surface area contributed by atoms with Crippen molar-refractivity contribution in [1.29, 1.82) is 0 Å². The van der Waals surface area contributed by atoms with Crippen molar-refractivity contribution in [3.8, 4) is 0 Å². The fourth-order valence-electron chi connectivity index (χ4n) is 2.54. The number of amides is 1. The highest BCUT2D eigenvalue weighted by atomic mass is 35.5. The van der Waals surface area contributed by atoms with Gasteiger partial charge in [0.05, 0.1) is 10.5 Å². The first-order chi connectivity index (χ1) is 12.3. The average molecular weight is 395 g/mol. The van der Waals surface area contributed by atoms with Crippen LogP contribution in [0.2, 0.25) is 5.02 Å². The van der Waals surface area contributed by atoms with Gasteiger partial charge in [-0.2, -0.15) is 0 Å². The average Bonchev–Trinajstić information content (AvgIpc) is 2.81. The molecule has 148 valence electrons. The number of benzene rings is 1. The first-order valence-electron chi connectivity index (χ1n) is 8.87. The van der Waals surface area contributed by atoms with Crippen LogP contribution in [0.4, 0.5) is 15.3 Å². The lowest BCUT2D eigenvalue weighted by Crippen LogP contribution is -2.36. The Kier molecular flexibility index (Phi) is 5.80. The third-order valence-electron chi connectivity index (χ3n) is 3.57. The number of carbonyl (C=O) groups is 2. The molecule has 7 heteroatoms. The van der Waals surface area contributed by atoms with E-state index in [4.69, 9.17) is 21.1 Å². The van der Waals surface area contributed by atoms with Gasteiger partial charge >= 0.3 is 12.2 Å². The molecule has 1 amide bonds. The summed E-state index contributed by atoms with van der Waals surface area (Å²) >= 11 is 6.34. The third kappa shape index (κ3) is 5.16. The lowest BCUT2D eigenvalue weighted by Gasteiger charge is -2.26. The van der Waals surface area contributed by atoms with Crippen LogP contribution >= 0.6 is 11.6 Å². The van der Waals surface area contributed by atoms with E-state index in [0.717, 1.165) is 0 Å². The molecule has 0 radical (unpaired) electrons. The lowest BCUT2D eigenvalue weighted by molar-refractivity contribution is 0.0541. The molecule has 0 N–H and O–H groups in total. The molecule has 0 aliphatic heterocycles. The summed E-state index contributed by atoms with van der Waals surface area (Å²) in [6.45, 7) is 13.2. The standard InChI is InChI=1S/C20H27ClN2O4/c1-8-22(17(24)26-19(2,3)4)13-9-10-16-14(11-13)15(21)12-23(16)18(25)27-20(5,6)7/h9-12H,8H2,1-7H3. The minimum atomic E-state index is -0.615. The molecule has 27 heavy (non-hydrogen) atoms. The summed E-state index contributed by atoms with van der Waals surface area (Å²) in [4.78, 5) is 26.4. The van der Waals surface area contributed by atoms with Crippen molar-refractivity contribution in [2.45, 2.75) is 59.7 Å². The van der Waals surface area contributed by atoms with Gasteiger partial charge in [0.1, 0.15) is 11.2 Å². The fourth-order valence-corrected chi connectivity index (χ4v) is 2.79. The summed E-state index contributed by atoms with van der Waals surface area (Å²) in [5.74, 6) is 0. The van der Waals surface area contributed by atoms with E-state index in [1.807, 2.05) is 27.7 Å². The Labute approximate surface area is 165 Å². The van der Waals surface area contributed by atoms with Gasteiger partial charge in [0.25, 0.3) is 0 Å². The summed E-state index contributed by atoms with van der Waals surface area (Å²) in [5, 5.41) is 1.06. The van der Waals surface area contributed by atoms with Crippen molar-refractivity contribution in [2.24, 2.45) is 0 Å². The normalized spacial score (nSPS) is 12.1. The molecule has 1 aromatic carbocycles. The van der Waals surface area contributed by atoms with Crippen LogP contribution in [0.5, 0.6) is 0 Å². The number of halogens is 1. The van der Waals surface area contributed by atoms with Crippen LogP contribution in [0.15, 0.2) is 24.4 Å². The summed E-state index contributed by atoms with van der Waals surface area (Å²) in [7, 11) is 0. The zero-order chi connectivity index (χ0) is 20.6. The molecule has 0 saturated carbocycles. The highest BCUT2D eigenvalue weighted by Crippen LogP contribution is 2.31. The molecule has 0 spiro atoms. The van der Waals surface area contributed by atoms with Crippen molar-refractivity contribution in [3.05, 3.63) is 29.4 Å². The Bertz CT molecular complexity index is 859. The molecule has 0 aliphatic rings. The molecule has 2 aromatic rings. The Hall–Kier alpha value is -2.21. The molecule has 1 aromatic heterocycles. The Balaban J connectivity index is 2.41. The van der Waals surface area contributed by atoms with Crippen LogP contribution in [0.1, 0.15) is 48.5 Å². The Morgan fingerprint density at radius 2 is 1.67 bits per heavy atom. The third-order valence-corrected chi connectivity index (χ3v) is 3.87. The second-order valence-electron chi connectivity index (χ2n) is 8.25. The highest BCUT2D eigenvalue weighted by molar-refractivity contribution is 6.36. The monoisotopic (exact) mass is 394 g/mol. The largest absolute Gasteiger partial charge is 0.443 e. The number of nitrogens with zero attached hydrogens (tertiary/aromatic N) is 2. The van der Waals surface area contributed by atoms with Gasteiger partial charge in [0.2, 0.25) is 0 Å². The van der Waals surface area contributed by atoms with Crippen molar-refractivity contribution < 1.29 is 19.1 Å². The summed E-state index contributed by atoms with van der Waals surface area (Å²) in [6, 6.07) is 5.27. The smallest absolute Gasteiger partial charge is 0.419 e. The van der Waals surface area contributed by atoms with E-state index in [-0.39, 0.29) is 0 Å². The molecular weight excluding hydrogens is 368 g/mol. The lowest BCUT2D eigenvalue weighted by atomic mass is 10.2. The maximum Gasteiger partial charge on any atom is 0.419 e. The van der Waals surface area contributed by atoms with E-state index in [2.05, 4.69) is 0 Å². The van der Waals surface area contributed by atoms with E-state index in [9.17, 15) is 9.59 Å². The van der Waals surface area contributed by atoms with E-state index < -0.39 is 23.4 Å². The molecule has 0 aliphatic carbocycles. The van der Waals surface area contributed by atoms with Crippen LogP contribution in [0, 0.1) is 0 Å².